The molecule has 1 aromatic rings. The number of aliphatic hydroxyl groups is 1. The van der Waals surface area contributed by atoms with Crippen LogP contribution in [0.25, 0.3) is 0 Å². The lowest BCUT2D eigenvalue weighted by atomic mass is 10.0. The Balaban J connectivity index is 2.68. The van der Waals surface area contributed by atoms with Gasteiger partial charge in [-0.2, -0.15) is 0 Å². The van der Waals surface area contributed by atoms with Gasteiger partial charge in [-0.3, -0.25) is 0 Å². The number of hydrogen-bond acceptors (Lipinski definition) is 3. The Morgan fingerprint density at radius 1 is 1.38 bits per heavy atom. The van der Waals surface area contributed by atoms with Crippen molar-refractivity contribution < 1.29 is 14.6 Å². The van der Waals surface area contributed by atoms with Crippen LogP contribution < -0.4 is 5.32 Å². The number of benzene rings is 1. The lowest BCUT2D eigenvalue weighted by Gasteiger charge is -2.27. The van der Waals surface area contributed by atoms with Gasteiger partial charge < -0.3 is 15.2 Å². The SMILES string of the molecule is CCC(C)(C)OC(=O)N[C@@H](Cc1ccccc1)[C@@H](O)CCl. The van der Waals surface area contributed by atoms with E-state index in [1.54, 1.807) is 0 Å². The van der Waals surface area contributed by atoms with E-state index in [-0.39, 0.29) is 5.88 Å². The quantitative estimate of drug-likeness (QED) is 0.760. The zero-order valence-electron chi connectivity index (χ0n) is 12.8. The van der Waals surface area contributed by atoms with Gasteiger partial charge in [-0.15, -0.1) is 11.6 Å². The summed E-state index contributed by atoms with van der Waals surface area (Å²) in [6.45, 7) is 5.63. The van der Waals surface area contributed by atoms with Crippen molar-refractivity contribution in [1.29, 1.82) is 0 Å². The molecule has 0 fully saturated rings. The minimum atomic E-state index is -0.829. The first-order valence-electron chi connectivity index (χ1n) is 7.15. The molecule has 0 saturated heterocycles. The van der Waals surface area contributed by atoms with E-state index in [0.29, 0.717) is 12.8 Å². The molecule has 5 heteroatoms. The molecule has 0 aliphatic rings. The summed E-state index contributed by atoms with van der Waals surface area (Å²) < 4.78 is 5.35. The van der Waals surface area contributed by atoms with Crippen LogP contribution in [0.3, 0.4) is 0 Å². The van der Waals surface area contributed by atoms with Crippen LogP contribution in [0.4, 0.5) is 4.79 Å². The molecule has 0 aliphatic heterocycles. The minimum Gasteiger partial charge on any atom is -0.444 e. The maximum atomic E-state index is 12.0. The van der Waals surface area contributed by atoms with E-state index < -0.39 is 23.8 Å². The van der Waals surface area contributed by atoms with Gasteiger partial charge in [0.25, 0.3) is 0 Å². The topological polar surface area (TPSA) is 58.6 Å². The van der Waals surface area contributed by atoms with Crippen molar-refractivity contribution in [3.05, 3.63) is 35.9 Å². The summed E-state index contributed by atoms with van der Waals surface area (Å²) in [5, 5.41) is 12.7. The van der Waals surface area contributed by atoms with Crippen LogP contribution in [-0.2, 0) is 11.2 Å². The van der Waals surface area contributed by atoms with Crippen LogP contribution in [0.1, 0.15) is 32.8 Å². The van der Waals surface area contributed by atoms with Crippen LogP contribution in [0, 0.1) is 0 Å². The summed E-state index contributed by atoms with van der Waals surface area (Å²) in [7, 11) is 0. The fourth-order valence-electron chi connectivity index (χ4n) is 1.76. The predicted octanol–water partition coefficient (Wildman–Crippen LogP) is 3.11. The zero-order valence-corrected chi connectivity index (χ0v) is 13.6. The van der Waals surface area contributed by atoms with E-state index in [9.17, 15) is 9.90 Å². The maximum Gasteiger partial charge on any atom is 0.407 e. The highest BCUT2D eigenvalue weighted by Gasteiger charge is 2.25. The number of halogens is 1. The number of amides is 1. The van der Waals surface area contributed by atoms with Crippen molar-refractivity contribution in [2.24, 2.45) is 0 Å². The summed E-state index contributed by atoms with van der Waals surface area (Å²) in [5.74, 6) is 0.0505. The normalized spacial score (nSPS) is 14.3. The molecule has 4 nitrogen and oxygen atoms in total. The van der Waals surface area contributed by atoms with Crippen LogP contribution in [0.2, 0.25) is 0 Å². The third-order valence-corrected chi connectivity index (χ3v) is 3.76. The molecule has 0 saturated carbocycles. The number of carbonyl (C=O) groups excluding carboxylic acids is 1. The third kappa shape index (κ3) is 6.36. The van der Waals surface area contributed by atoms with Crippen LogP contribution in [0.15, 0.2) is 30.3 Å². The summed E-state index contributed by atoms with van der Waals surface area (Å²) in [6, 6.07) is 9.15. The Bertz CT molecular complexity index is 436. The average Bonchev–Trinajstić information content (AvgIpc) is 2.46. The van der Waals surface area contributed by atoms with Crippen LogP contribution >= 0.6 is 11.6 Å². The Morgan fingerprint density at radius 2 is 2.00 bits per heavy atom. The van der Waals surface area contributed by atoms with Crippen molar-refractivity contribution in [2.45, 2.75) is 51.4 Å². The maximum absolute atomic E-state index is 12.0. The number of ether oxygens (including phenoxy) is 1. The van der Waals surface area contributed by atoms with Gasteiger partial charge in [-0.25, -0.2) is 4.79 Å². The molecule has 0 aromatic heterocycles. The van der Waals surface area contributed by atoms with E-state index >= 15 is 0 Å². The average molecular weight is 314 g/mol. The second kappa shape index (κ2) is 8.25. The molecule has 1 amide bonds. The van der Waals surface area contributed by atoms with Crippen molar-refractivity contribution in [2.75, 3.05) is 5.88 Å². The molecule has 0 unspecified atom stereocenters. The van der Waals surface area contributed by atoms with Crippen molar-refractivity contribution >= 4 is 17.7 Å². The second-order valence-corrected chi connectivity index (χ2v) is 5.97. The molecule has 2 N–H and O–H groups in total. The van der Waals surface area contributed by atoms with Crippen molar-refractivity contribution in [1.82, 2.24) is 5.32 Å². The number of aliphatic hydroxyl groups excluding tert-OH is 1. The van der Waals surface area contributed by atoms with Crippen LogP contribution in [-0.4, -0.2) is 34.8 Å². The van der Waals surface area contributed by atoms with Crippen LogP contribution in [0.5, 0.6) is 0 Å². The molecule has 2 atom stereocenters. The van der Waals surface area contributed by atoms with E-state index in [1.807, 2.05) is 51.1 Å². The fourth-order valence-corrected chi connectivity index (χ4v) is 1.98. The summed E-state index contributed by atoms with van der Waals surface area (Å²) in [4.78, 5) is 12.0. The molecular weight excluding hydrogens is 290 g/mol. The van der Waals surface area contributed by atoms with Crippen molar-refractivity contribution in [3.63, 3.8) is 0 Å². The molecule has 1 rings (SSSR count). The van der Waals surface area contributed by atoms with Gasteiger partial charge >= 0.3 is 6.09 Å². The first-order chi connectivity index (χ1) is 9.88. The Hall–Kier alpha value is -1.26. The Labute approximate surface area is 131 Å². The van der Waals surface area contributed by atoms with E-state index in [4.69, 9.17) is 16.3 Å². The molecule has 0 aliphatic carbocycles. The number of hydrogen-bond donors (Lipinski definition) is 2. The Kier molecular flexibility index (Phi) is 6.99. The fraction of sp³-hybridized carbons (Fsp3) is 0.562. The zero-order chi connectivity index (χ0) is 15.9. The number of nitrogens with one attached hydrogen (secondary N) is 1. The van der Waals surface area contributed by atoms with Gasteiger partial charge in [0.05, 0.1) is 18.0 Å². The standard InChI is InChI=1S/C16H24ClNO3/c1-4-16(2,3)21-15(20)18-13(14(19)11-17)10-12-8-6-5-7-9-12/h5-9,13-14,19H,4,10-11H2,1-3H3,(H,18,20)/t13-,14-/m0/s1. The molecule has 0 heterocycles. The minimum absolute atomic E-state index is 0.0505. The van der Waals surface area contributed by atoms with Gasteiger partial charge in [0.2, 0.25) is 0 Å². The van der Waals surface area contributed by atoms with Gasteiger partial charge in [-0.1, -0.05) is 37.3 Å². The van der Waals surface area contributed by atoms with Gasteiger partial charge in [0.15, 0.2) is 0 Å². The van der Waals surface area contributed by atoms with E-state index in [0.717, 1.165) is 5.56 Å². The van der Waals surface area contributed by atoms with Gasteiger partial charge in [0, 0.05) is 0 Å². The number of alkyl carbamates (subject to hydrolysis) is 1. The number of alkyl halides is 1. The molecule has 21 heavy (non-hydrogen) atoms. The summed E-state index contributed by atoms with van der Waals surface area (Å²) >= 11 is 5.71. The highest BCUT2D eigenvalue weighted by atomic mass is 35.5. The molecule has 0 spiro atoms. The van der Waals surface area contributed by atoms with Crippen molar-refractivity contribution in [3.8, 4) is 0 Å². The highest BCUT2D eigenvalue weighted by Crippen LogP contribution is 2.14. The van der Waals surface area contributed by atoms with Gasteiger partial charge in [0.1, 0.15) is 5.60 Å². The predicted molar refractivity (Wildman–Crippen MR) is 84.6 cm³/mol. The molecular formula is C16H24ClNO3. The molecule has 0 bridgehead atoms. The van der Waals surface area contributed by atoms with E-state index in [1.165, 1.54) is 0 Å². The first kappa shape index (κ1) is 17.8. The second-order valence-electron chi connectivity index (χ2n) is 5.66. The highest BCUT2D eigenvalue weighted by molar-refractivity contribution is 6.18. The Morgan fingerprint density at radius 3 is 2.52 bits per heavy atom. The lowest BCUT2D eigenvalue weighted by Crippen LogP contribution is -2.47. The smallest absolute Gasteiger partial charge is 0.407 e. The first-order valence-corrected chi connectivity index (χ1v) is 7.69. The number of rotatable bonds is 7. The number of carbonyl (C=O) groups is 1. The largest absolute Gasteiger partial charge is 0.444 e. The molecule has 118 valence electrons. The summed E-state index contributed by atoms with van der Waals surface area (Å²) in [5.41, 5.74) is 0.481. The van der Waals surface area contributed by atoms with E-state index in [2.05, 4.69) is 5.32 Å². The monoisotopic (exact) mass is 313 g/mol. The molecule has 1 aromatic carbocycles. The lowest BCUT2D eigenvalue weighted by molar-refractivity contribution is 0.0293. The summed E-state index contributed by atoms with van der Waals surface area (Å²) in [6.07, 6.45) is -0.158. The third-order valence-electron chi connectivity index (χ3n) is 3.44. The molecule has 0 radical (unpaired) electrons. The van der Waals surface area contributed by atoms with Gasteiger partial charge in [-0.05, 0) is 32.3 Å².